The molecule has 1 aromatic heterocycles. The number of ether oxygens (including phenoxy) is 1. The Bertz CT molecular complexity index is 1230. The third-order valence-electron chi connectivity index (χ3n) is 6.41. The smallest absolute Gasteiger partial charge is 0.262 e. The summed E-state index contributed by atoms with van der Waals surface area (Å²) >= 11 is 0. The minimum atomic E-state index is -0.381. The molecule has 3 aromatic rings. The Kier molecular flexibility index (Phi) is 8.22. The fourth-order valence-electron chi connectivity index (χ4n) is 4.59. The number of nitrogens with zero attached hydrogens (tertiary/aromatic N) is 3. The quantitative estimate of drug-likeness (QED) is 0.413. The van der Waals surface area contributed by atoms with E-state index in [0.29, 0.717) is 24.5 Å². The first-order chi connectivity index (χ1) is 17.8. The van der Waals surface area contributed by atoms with Crippen molar-refractivity contribution in [2.75, 3.05) is 29.9 Å². The molecule has 2 N–H and O–H groups in total. The molecule has 0 radical (unpaired) electrons. The van der Waals surface area contributed by atoms with Gasteiger partial charge in [0.05, 0.1) is 12.2 Å². The molecule has 1 aliphatic rings. The normalized spacial score (nSPS) is 15.1. The lowest BCUT2D eigenvalue weighted by molar-refractivity contribution is -0.126. The van der Waals surface area contributed by atoms with Gasteiger partial charge in [0.15, 0.2) is 6.61 Å². The van der Waals surface area contributed by atoms with Crippen molar-refractivity contribution < 1.29 is 19.1 Å². The Hall–Kier alpha value is -4.14. The Morgan fingerprint density at radius 1 is 1.11 bits per heavy atom. The van der Waals surface area contributed by atoms with Crippen molar-refractivity contribution in [2.45, 2.75) is 40.2 Å². The van der Waals surface area contributed by atoms with Crippen LogP contribution in [0.25, 0.3) is 0 Å². The van der Waals surface area contributed by atoms with Gasteiger partial charge in [0.2, 0.25) is 11.8 Å². The molecule has 9 nitrogen and oxygen atoms in total. The predicted octanol–water partition coefficient (Wildman–Crippen LogP) is 3.39. The summed E-state index contributed by atoms with van der Waals surface area (Å²) in [4.78, 5) is 43.2. The van der Waals surface area contributed by atoms with E-state index in [1.54, 1.807) is 41.7 Å². The van der Waals surface area contributed by atoms with Crippen LogP contribution in [0.5, 0.6) is 5.75 Å². The lowest BCUT2D eigenvalue weighted by atomic mass is 10.1. The van der Waals surface area contributed by atoms with Crippen LogP contribution in [0.15, 0.2) is 55.1 Å². The van der Waals surface area contributed by atoms with Crippen molar-refractivity contribution in [1.29, 1.82) is 0 Å². The van der Waals surface area contributed by atoms with Crippen LogP contribution >= 0.6 is 0 Å². The standard InChI is InChI=1S/C28H33N5O4/c1-19-13-20(2)27(21(3)14-19)31-25(34)17-37-24-7-5-23(6-8-24)33-16-22(15-26(33)35)28(36)30-9-4-11-32-12-10-29-18-32/h5-8,10,12-14,18,22H,4,9,11,15-17H2,1-3H3,(H,30,36)(H,31,34)/t22-/m1/s1. The van der Waals surface area contributed by atoms with Gasteiger partial charge in [0.25, 0.3) is 5.91 Å². The molecule has 0 aliphatic carbocycles. The van der Waals surface area contributed by atoms with E-state index in [2.05, 4.69) is 15.6 Å². The lowest BCUT2D eigenvalue weighted by Crippen LogP contribution is -2.33. The molecule has 2 aromatic carbocycles. The molecule has 1 saturated heterocycles. The largest absolute Gasteiger partial charge is 0.484 e. The second-order valence-electron chi connectivity index (χ2n) is 9.45. The molecule has 0 saturated carbocycles. The fourth-order valence-corrected chi connectivity index (χ4v) is 4.59. The first kappa shape index (κ1) is 25.9. The van der Waals surface area contributed by atoms with Gasteiger partial charge >= 0.3 is 0 Å². The molecule has 37 heavy (non-hydrogen) atoms. The van der Waals surface area contributed by atoms with Crippen LogP contribution in [0.1, 0.15) is 29.5 Å². The number of hydrogen-bond donors (Lipinski definition) is 2. The number of hydrogen-bond acceptors (Lipinski definition) is 5. The summed E-state index contributed by atoms with van der Waals surface area (Å²) in [6.45, 7) is 7.48. The molecule has 9 heteroatoms. The second kappa shape index (κ2) is 11.7. The predicted molar refractivity (Wildman–Crippen MR) is 142 cm³/mol. The summed E-state index contributed by atoms with van der Waals surface area (Å²) in [7, 11) is 0. The van der Waals surface area contributed by atoms with Crippen LogP contribution in [0, 0.1) is 26.7 Å². The third-order valence-corrected chi connectivity index (χ3v) is 6.41. The van der Waals surface area contributed by atoms with E-state index in [9.17, 15) is 14.4 Å². The van der Waals surface area contributed by atoms with E-state index in [4.69, 9.17) is 4.74 Å². The first-order valence-electron chi connectivity index (χ1n) is 12.4. The molecule has 1 atom stereocenters. The zero-order valence-electron chi connectivity index (χ0n) is 21.5. The number of aryl methyl sites for hydroxylation is 4. The number of amides is 3. The number of carbonyl (C=O) groups is 3. The molecule has 1 aliphatic heterocycles. The zero-order chi connectivity index (χ0) is 26.4. The van der Waals surface area contributed by atoms with Crippen LogP contribution in [-0.4, -0.2) is 47.0 Å². The Morgan fingerprint density at radius 2 is 1.84 bits per heavy atom. The van der Waals surface area contributed by atoms with Gasteiger partial charge < -0.3 is 24.8 Å². The SMILES string of the molecule is Cc1cc(C)c(NC(=O)COc2ccc(N3C[C@H](C(=O)NCCCn4ccnc4)CC3=O)cc2)c(C)c1. The number of carbonyl (C=O) groups excluding carboxylic acids is 3. The Balaban J connectivity index is 1.24. The maximum absolute atomic E-state index is 12.6. The van der Waals surface area contributed by atoms with Crippen molar-refractivity contribution in [2.24, 2.45) is 5.92 Å². The Labute approximate surface area is 216 Å². The Morgan fingerprint density at radius 3 is 2.51 bits per heavy atom. The van der Waals surface area contributed by atoms with Crippen molar-refractivity contribution in [3.05, 3.63) is 71.8 Å². The first-order valence-corrected chi connectivity index (χ1v) is 12.4. The summed E-state index contributed by atoms with van der Waals surface area (Å²) in [5.41, 5.74) is 4.66. The molecule has 0 bridgehead atoms. The minimum absolute atomic E-state index is 0.0875. The number of nitrogens with one attached hydrogen (secondary N) is 2. The van der Waals surface area contributed by atoms with E-state index < -0.39 is 0 Å². The van der Waals surface area contributed by atoms with Gasteiger partial charge in [-0.1, -0.05) is 17.7 Å². The highest BCUT2D eigenvalue weighted by Gasteiger charge is 2.34. The highest BCUT2D eigenvalue weighted by Crippen LogP contribution is 2.27. The number of benzene rings is 2. The highest BCUT2D eigenvalue weighted by atomic mass is 16.5. The highest BCUT2D eigenvalue weighted by molar-refractivity contribution is 6.00. The fraction of sp³-hybridized carbons (Fsp3) is 0.357. The number of imidazole rings is 1. The van der Waals surface area contributed by atoms with Gasteiger partial charge in [-0.2, -0.15) is 0 Å². The third kappa shape index (κ3) is 6.75. The zero-order valence-corrected chi connectivity index (χ0v) is 21.5. The molecule has 3 amide bonds. The van der Waals surface area contributed by atoms with Gasteiger partial charge in [0, 0.05) is 49.8 Å². The number of anilines is 2. The summed E-state index contributed by atoms with van der Waals surface area (Å²) < 4.78 is 7.60. The summed E-state index contributed by atoms with van der Waals surface area (Å²) in [6.07, 6.45) is 6.32. The van der Waals surface area contributed by atoms with E-state index in [1.807, 2.05) is 43.7 Å². The molecule has 0 spiro atoms. The lowest BCUT2D eigenvalue weighted by Gasteiger charge is -2.17. The summed E-state index contributed by atoms with van der Waals surface area (Å²) in [5.74, 6) is -0.293. The van der Waals surface area contributed by atoms with E-state index in [1.165, 1.54) is 0 Å². The van der Waals surface area contributed by atoms with Crippen LogP contribution in [0.3, 0.4) is 0 Å². The average molecular weight is 504 g/mol. The van der Waals surface area contributed by atoms with Gasteiger partial charge in [-0.3, -0.25) is 14.4 Å². The van der Waals surface area contributed by atoms with Gasteiger partial charge in [-0.05, 0) is 62.6 Å². The van der Waals surface area contributed by atoms with Crippen molar-refractivity contribution in [3.8, 4) is 5.75 Å². The molecule has 0 unspecified atom stereocenters. The number of rotatable bonds is 10. The van der Waals surface area contributed by atoms with Crippen LogP contribution in [0.2, 0.25) is 0 Å². The maximum Gasteiger partial charge on any atom is 0.262 e. The molecular formula is C28H33N5O4. The van der Waals surface area contributed by atoms with Gasteiger partial charge in [-0.25, -0.2) is 4.98 Å². The molecule has 194 valence electrons. The minimum Gasteiger partial charge on any atom is -0.484 e. The summed E-state index contributed by atoms with van der Waals surface area (Å²) in [5, 5.41) is 5.85. The van der Waals surface area contributed by atoms with Gasteiger partial charge in [-0.15, -0.1) is 0 Å². The van der Waals surface area contributed by atoms with Crippen molar-refractivity contribution in [3.63, 3.8) is 0 Å². The van der Waals surface area contributed by atoms with Crippen molar-refractivity contribution in [1.82, 2.24) is 14.9 Å². The van der Waals surface area contributed by atoms with Crippen LogP contribution in [-0.2, 0) is 20.9 Å². The van der Waals surface area contributed by atoms with E-state index >= 15 is 0 Å². The monoisotopic (exact) mass is 503 g/mol. The molecule has 2 heterocycles. The van der Waals surface area contributed by atoms with E-state index in [0.717, 1.165) is 35.3 Å². The average Bonchev–Trinajstić information content (AvgIpc) is 3.53. The van der Waals surface area contributed by atoms with Crippen LogP contribution in [0.4, 0.5) is 11.4 Å². The molecule has 1 fully saturated rings. The number of aromatic nitrogens is 2. The molecule has 4 rings (SSSR count). The topological polar surface area (TPSA) is 106 Å². The maximum atomic E-state index is 12.6. The van der Waals surface area contributed by atoms with Gasteiger partial charge in [0.1, 0.15) is 5.75 Å². The second-order valence-corrected chi connectivity index (χ2v) is 9.45. The summed E-state index contributed by atoms with van der Waals surface area (Å²) in [6, 6.07) is 11.0. The van der Waals surface area contributed by atoms with E-state index in [-0.39, 0.29) is 36.7 Å². The van der Waals surface area contributed by atoms with Crippen LogP contribution < -0.4 is 20.3 Å². The molecular weight excluding hydrogens is 470 g/mol. The van der Waals surface area contributed by atoms with Crippen molar-refractivity contribution >= 4 is 29.1 Å².